The number of hydrogen-bond donors (Lipinski definition) is 5. The predicted octanol–water partition coefficient (Wildman–Crippen LogP) is 1.38. The van der Waals surface area contributed by atoms with Gasteiger partial charge < -0.3 is 10.2 Å². The van der Waals surface area contributed by atoms with Crippen LogP contribution in [0.1, 0.15) is 21.5 Å². The number of hydroxylamine groups is 1. The van der Waals surface area contributed by atoms with E-state index in [2.05, 4.69) is 10.5 Å². The van der Waals surface area contributed by atoms with E-state index in [1.54, 1.807) is 24.3 Å². The summed E-state index contributed by atoms with van der Waals surface area (Å²) in [6.07, 6.45) is 3.86. The van der Waals surface area contributed by atoms with Gasteiger partial charge in [-0.05, 0) is 35.9 Å². The number of carbonyl (C=O) groups is 2. The van der Waals surface area contributed by atoms with E-state index < -0.39 is 11.8 Å². The molecule has 0 aliphatic carbocycles. The minimum atomic E-state index is -0.659. The molecular formula is C17H15N3O5. The van der Waals surface area contributed by atoms with Gasteiger partial charge in [0.05, 0.1) is 6.21 Å². The van der Waals surface area contributed by atoms with Crippen LogP contribution in [-0.2, 0) is 4.79 Å². The van der Waals surface area contributed by atoms with Crippen molar-refractivity contribution >= 4 is 24.1 Å². The number of hydrazone groups is 1. The lowest BCUT2D eigenvalue weighted by Gasteiger charge is -2.02. The van der Waals surface area contributed by atoms with Crippen molar-refractivity contribution in [2.75, 3.05) is 0 Å². The van der Waals surface area contributed by atoms with Gasteiger partial charge >= 0.3 is 0 Å². The molecule has 0 saturated carbocycles. The monoisotopic (exact) mass is 341 g/mol. The molecular weight excluding hydrogens is 326 g/mol. The van der Waals surface area contributed by atoms with Crippen molar-refractivity contribution in [2.24, 2.45) is 5.10 Å². The van der Waals surface area contributed by atoms with Gasteiger partial charge in [-0.25, -0.2) is 10.9 Å². The number of nitrogens with zero attached hydrogens (tertiary/aromatic N) is 1. The fourth-order valence-electron chi connectivity index (χ4n) is 1.82. The third-order valence-electron chi connectivity index (χ3n) is 3.09. The first-order valence-corrected chi connectivity index (χ1v) is 7.07. The fraction of sp³-hybridized carbons (Fsp3) is 0. The van der Waals surface area contributed by atoms with Gasteiger partial charge in [0.1, 0.15) is 11.5 Å². The largest absolute Gasteiger partial charge is 0.508 e. The second-order valence-electron chi connectivity index (χ2n) is 4.87. The predicted molar refractivity (Wildman–Crippen MR) is 90.2 cm³/mol. The Morgan fingerprint density at radius 1 is 1.04 bits per heavy atom. The maximum Gasteiger partial charge on any atom is 0.271 e. The van der Waals surface area contributed by atoms with Crippen molar-refractivity contribution in [3.05, 3.63) is 65.2 Å². The Morgan fingerprint density at radius 2 is 1.76 bits per heavy atom. The van der Waals surface area contributed by atoms with Crippen LogP contribution in [0.2, 0.25) is 0 Å². The highest BCUT2D eigenvalue weighted by atomic mass is 16.5. The molecule has 2 rings (SSSR count). The Bertz CT molecular complexity index is 829. The first-order valence-electron chi connectivity index (χ1n) is 7.07. The number of hydrogen-bond acceptors (Lipinski definition) is 6. The fourth-order valence-corrected chi connectivity index (χ4v) is 1.82. The summed E-state index contributed by atoms with van der Waals surface area (Å²) in [5.74, 6) is -1.36. The Hall–Kier alpha value is -3.65. The Balaban J connectivity index is 1.97. The van der Waals surface area contributed by atoms with Gasteiger partial charge in [-0.3, -0.25) is 14.8 Å². The molecule has 0 aliphatic rings. The molecule has 0 heterocycles. The van der Waals surface area contributed by atoms with Gasteiger partial charge in [-0.1, -0.05) is 12.1 Å². The maximum atomic E-state index is 12.0. The molecule has 0 aliphatic heterocycles. The van der Waals surface area contributed by atoms with Crippen LogP contribution in [0.25, 0.3) is 6.08 Å². The highest BCUT2D eigenvalue weighted by Gasteiger charge is 2.04. The van der Waals surface area contributed by atoms with Gasteiger partial charge in [-0.15, -0.1) is 0 Å². The molecule has 0 fully saturated rings. The van der Waals surface area contributed by atoms with Gasteiger partial charge in [0, 0.05) is 23.3 Å². The van der Waals surface area contributed by atoms with Crippen molar-refractivity contribution in [2.45, 2.75) is 0 Å². The molecule has 25 heavy (non-hydrogen) atoms. The van der Waals surface area contributed by atoms with E-state index in [4.69, 9.17) is 5.21 Å². The van der Waals surface area contributed by atoms with Gasteiger partial charge in [0.25, 0.3) is 11.8 Å². The number of aromatic hydroxyl groups is 2. The van der Waals surface area contributed by atoms with Crippen molar-refractivity contribution < 1.29 is 25.0 Å². The van der Waals surface area contributed by atoms with Crippen molar-refractivity contribution in [1.82, 2.24) is 10.9 Å². The average molecular weight is 341 g/mol. The molecule has 0 atom stereocenters. The smallest absolute Gasteiger partial charge is 0.271 e. The molecule has 0 radical (unpaired) electrons. The van der Waals surface area contributed by atoms with Crippen molar-refractivity contribution in [1.29, 1.82) is 0 Å². The number of nitrogens with one attached hydrogen (secondary N) is 2. The molecule has 2 amide bonds. The summed E-state index contributed by atoms with van der Waals surface area (Å²) in [7, 11) is 0. The standard InChI is InChI=1S/C17H15N3O5/c21-14-7-6-13(15(22)9-14)10-18-19-17(24)12-4-1-11(2-5-12)3-8-16(23)20-25/h1-10,21-22,25H,(H,19,24)(H,20,23)/b8-3+,18-10+. The molecule has 0 spiro atoms. The maximum absolute atomic E-state index is 12.0. The zero-order valence-corrected chi connectivity index (χ0v) is 12.9. The van der Waals surface area contributed by atoms with E-state index in [9.17, 15) is 19.8 Å². The quantitative estimate of drug-likeness (QED) is 0.243. The Morgan fingerprint density at radius 3 is 2.40 bits per heavy atom. The minimum Gasteiger partial charge on any atom is -0.508 e. The van der Waals surface area contributed by atoms with E-state index in [1.165, 1.54) is 29.9 Å². The van der Waals surface area contributed by atoms with Crippen LogP contribution in [0, 0.1) is 0 Å². The topological polar surface area (TPSA) is 131 Å². The van der Waals surface area contributed by atoms with Crippen LogP contribution in [0.4, 0.5) is 0 Å². The van der Waals surface area contributed by atoms with Crippen LogP contribution < -0.4 is 10.9 Å². The first kappa shape index (κ1) is 17.7. The molecule has 2 aromatic carbocycles. The number of phenolic OH excluding ortho intramolecular Hbond substituents is 2. The first-order chi connectivity index (χ1) is 12.0. The second kappa shape index (κ2) is 8.27. The van der Waals surface area contributed by atoms with E-state index >= 15 is 0 Å². The lowest BCUT2D eigenvalue weighted by Crippen LogP contribution is -2.17. The SMILES string of the molecule is O=C(/C=C/c1ccc(C(=O)N/N=C/c2ccc(O)cc2O)cc1)NO. The number of amides is 2. The van der Waals surface area contributed by atoms with Crippen LogP contribution in [0.3, 0.4) is 0 Å². The summed E-state index contributed by atoms with van der Waals surface area (Å²) in [4.78, 5) is 22.8. The van der Waals surface area contributed by atoms with Crippen molar-refractivity contribution in [3.63, 3.8) is 0 Å². The van der Waals surface area contributed by atoms with Gasteiger partial charge in [0.15, 0.2) is 0 Å². The molecule has 8 nitrogen and oxygen atoms in total. The normalized spacial score (nSPS) is 10.9. The summed E-state index contributed by atoms with van der Waals surface area (Å²) in [5, 5.41) is 30.9. The minimum absolute atomic E-state index is 0.0794. The van der Waals surface area contributed by atoms with Crippen LogP contribution in [-0.4, -0.2) is 33.4 Å². The zero-order chi connectivity index (χ0) is 18.2. The zero-order valence-electron chi connectivity index (χ0n) is 12.9. The summed E-state index contributed by atoms with van der Waals surface area (Å²) < 4.78 is 0. The molecule has 0 bridgehead atoms. The average Bonchev–Trinajstić information content (AvgIpc) is 2.61. The molecule has 8 heteroatoms. The summed E-state index contributed by atoms with van der Waals surface area (Å²) >= 11 is 0. The van der Waals surface area contributed by atoms with E-state index in [1.807, 2.05) is 0 Å². The second-order valence-corrected chi connectivity index (χ2v) is 4.87. The summed E-state index contributed by atoms with van der Waals surface area (Å²) in [5.41, 5.74) is 5.12. The lowest BCUT2D eigenvalue weighted by atomic mass is 10.1. The number of carbonyl (C=O) groups excluding carboxylic acids is 2. The Labute approximate surface area is 142 Å². The van der Waals surface area contributed by atoms with Crippen LogP contribution in [0.5, 0.6) is 11.5 Å². The molecule has 0 unspecified atom stereocenters. The highest BCUT2D eigenvalue weighted by molar-refractivity contribution is 5.95. The molecule has 2 aromatic rings. The lowest BCUT2D eigenvalue weighted by molar-refractivity contribution is -0.124. The van der Waals surface area contributed by atoms with E-state index in [0.717, 1.165) is 12.1 Å². The van der Waals surface area contributed by atoms with Crippen LogP contribution >= 0.6 is 0 Å². The van der Waals surface area contributed by atoms with Crippen molar-refractivity contribution in [3.8, 4) is 11.5 Å². The number of phenols is 2. The molecule has 5 N–H and O–H groups in total. The van der Waals surface area contributed by atoms with Crippen LogP contribution in [0.15, 0.2) is 53.6 Å². The molecule has 0 saturated heterocycles. The molecule has 128 valence electrons. The number of benzene rings is 2. The third-order valence-corrected chi connectivity index (χ3v) is 3.09. The molecule has 0 aromatic heterocycles. The summed E-state index contributed by atoms with van der Waals surface area (Å²) in [6, 6.07) is 10.3. The summed E-state index contributed by atoms with van der Waals surface area (Å²) in [6.45, 7) is 0. The van der Waals surface area contributed by atoms with Gasteiger partial charge in [0.2, 0.25) is 0 Å². The van der Waals surface area contributed by atoms with E-state index in [0.29, 0.717) is 16.7 Å². The van der Waals surface area contributed by atoms with E-state index in [-0.39, 0.29) is 11.5 Å². The number of rotatable bonds is 5. The highest BCUT2D eigenvalue weighted by Crippen LogP contribution is 2.20. The van der Waals surface area contributed by atoms with Gasteiger partial charge in [-0.2, -0.15) is 5.10 Å². The third kappa shape index (κ3) is 5.19. The Kier molecular flexibility index (Phi) is 5.86.